The van der Waals surface area contributed by atoms with Gasteiger partial charge in [-0.25, -0.2) is 14.3 Å². The third-order valence-corrected chi connectivity index (χ3v) is 4.17. The molecule has 4 rings (SSSR count). The molecular formula is C19H14ClN3O3. The van der Waals surface area contributed by atoms with Gasteiger partial charge in [-0.1, -0.05) is 41.9 Å². The predicted octanol–water partition coefficient (Wildman–Crippen LogP) is 4.02. The molecule has 7 heteroatoms. The molecule has 0 unspecified atom stereocenters. The number of carbonyl (C=O) groups is 1. The van der Waals surface area contributed by atoms with Crippen molar-refractivity contribution < 1.29 is 13.9 Å². The van der Waals surface area contributed by atoms with E-state index in [4.69, 9.17) is 16.0 Å². The number of benzene rings is 1. The van der Waals surface area contributed by atoms with Crippen LogP contribution in [0.15, 0.2) is 59.2 Å². The highest BCUT2D eigenvalue weighted by atomic mass is 35.5. The lowest BCUT2D eigenvalue weighted by Crippen LogP contribution is -2.03. The number of nitrogens with zero attached hydrogens (tertiary/aromatic N) is 3. The van der Waals surface area contributed by atoms with E-state index in [0.29, 0.717) is 17.3 Å². The summed E-state index contributed by atoms with van der Waals surface area (Å²) in [6.45, 7) is 0. The number of rotatable bonds is 4. The predicted molar refractivity (Wildman–Crippen MR) is 96.3 cm³/mol. The second-order valence-corrected chi connectivity index (χ2v) is 6.13. The molecule has 0 saturated carbocycles. The Hall–Kier alpha value is -3.12. The van der Waals surface area contributed by atoms with Gasteiger partial charge in [0.05, 0.1) is 30.4 Å². The van der Waals surface area contributed by atoms with Crippen LogP contribution in [-0.2, 0) is 11.2 Å². The SMILES string of the molecule is COC(=O)c1coc(Cc2cc(Cl)cc3cc(-c4ccccc4)nn23)n1. The maximum atomic E-state index is 11.5. The van der Waals surface area contributed by atoms with Crippen LogP contribution < -0.4 is 0 Å². The van der Waals surface area contributed by atoms with Crippen molar-refractivity contribution in [2.45, 2.75) is 6.42 Å². The van der Waals surface area contributed by atoms with Crippen molar-refractivity contribution in [2.24, 2.45) is 0 Å². The molecule has 3 aromatic heterocycles. The first-order valence-corrected chi connectivity index (χ1v) is 8.28. The Balaban J connectivity index is 1.73. The number of pyridine rings is 1. The second kappa shape index (κ2) is 6.65. The van der Waals surface area contributed by atoms with E-state index in [1.54, 1.807) is 10.6 Å². The van der Waals surface area contributed by atoms with Crippen molar-refractivity contribution in [3.8, 4) is 11.3 Å². The molecule has 4 aromatic rings. The molecule has 1 aromatic carbocycles. The van der Waals surface area contributed by atoms with E-state index in [9.17, 15) is 4.79 Å². The standard InChI is InChI=1S/C19H14ClN3O3/c1-25-19(24)17-11-26-18(21-17)10-15-8-13(20)7-14-9-16(22-23(14)15)12-5-3-2-4-6-12/h2-9,11H,10H2,1H3. The molecule has 6 nitrogen and oxygen atoms in total. The lowest BCUT2D eigenvalue weighted by atomic mass is 10.1. The van der Waals surface area contributed by atoms with Crippen LogP contribution in [0.1, 0.15) is 22.1 Å². The Bertz CT molecular complexity index is 1090. The Morgan fingerprint density at radius 2 is 2.04 bits per heavy atom. The summed E-state index contributed by atoms with van der Waals surface area (Å²) in [5.74, 6) is -0.160. The number of hydrogen-bond donors (Lipinski definition) is 0. The Kier molecular flexibility index (Phi) is 4.18. The van der Waals surface area contributed by atoms with Crippen LogP contribution >= 0.6 is 11.6 Å². The van der Waals surface area contributed by atoms with Gasteiger partial charge in [0.2, 0.25) is 5.89 Å². The Labute approximate surface area is 154 Å². The first kappa shape index (κ1) is 16.4. The van der Waals surface area contributed by atoms with Crippen molar-refractivity contribution in [3.63, 3.8) is 0 Å². The number of esters is 1. The summed E-state index contributed by atoms with van der Waals surface area (Å²) in [4.78, 5) is 15.7. The fraction of sp³-hybridized carbons (Fsp3) is 0.105. The van der Waals surface area contributed by atoms with Gasteiger partial charge in [0.15, 0.2) is 5.69 Å². The van der Waals surface area contributed by atoms with E-state index in [0.717, 1.165) is 22.5 Å². The molecule has 26 heavy (non-hydrogen) atoms. The third-order valence-electron chi connectivity index (χ3n) is 3.95. The molecule has 0 amide bonds. The van der Waals surface area contributed by atoms with E-state index in [1.165, 1.54) is 13.4 Å². The smallest absolute Gasteiger partial charge is 0.360 e. The average molecular weight is 368 g/mol. The molecule has 3 heterocycles. The summed E-state index contributed by atoms with van der Waals surface area (Å²) in [6, 6.07) is 15.5. The van der Waals surface area contributed by atoms with Crippen LogP contribution in [0.25, 0.3) is 16.8 Å². The van der Waals surface area contributed by atoms with Crippen molar-refractivity contribution in [1.82, 2.24) is 14.6 Å². The molecule has 0 aliphatic carbocycles. The number of ether oxygens (including phenoxy) is 1. The van der Waals surface area contributed by atoms with Gasteiger partial charge in [0, 0.05) is 10.6 Å². The molecule has 0 fully saturated rings. The molecule has 0 aliphatic rings. The number of carbonyl (C=O) groups excluding carboxylic acids is 1. The van der Waals surface area contributed by atoms with Crippen LogP contribution in [0.4, 0.5) is 0 Å². The van der Waals surface area contributed by atoms with E-state index >= 15 is 0 Å². The van der Waals surface area contributed by atoms with Crippen LogP contribution in [0, 0.1) is 0 Å². The molecule has 0 aliphatic heterocycles. The van der Waals surface area contributed by atoms with Gasteiger partial charge in [-0.3, -0.25) is 0 Å². The minimum absolute atomic E-state index is 0.131. The topological polar surface area (TPSA) is 69.6 Å². The van der Waals surface area contributed by atoms with E-state index < -0.39 is 5.97 Å². The zero-order chi connectivity index (χ0) is 18.1. The van der Waals surface area contributed by atoms with Gasteiger partial charge < -0.3 is 9.15 Å². The van der Waals surface area contributed by atoms with Crippen LogP contribution in [-0.4, -0.2) is 27.7 Å². The lowest BCUT2D eigenvalue weighted by Gasteiger charge is -2.03. The van der Waals surface area contributed by atoms with Gasteiger partial charge >= 0.3 is 5.97 Å². The van der Waals surface area contributed by atoms with E-state index in [-0.39, 0.29) is 5.69 Å². The summed E-state index contributed by atoms with van der Waals surface area (Å²) in [5.41, 5.74) is 3.66. The normalized spacial score (nSPS) is 11.0. The van der Waals surface area contributed by atoms with Gasteiger partial charge in [-0.15, -0.1) is 0 Å². The lowest BCUT2D eigenvalue weighted by molar-refractivity contribution is 0.0594. The average Bonchev–Trinajstić information content (AvgIpc) is 3.29. The zero-order valence-corrected chi connectivity index (χ0v) is 14.6. The molecule has 0 bridgehead atoms. The van der Waals surface area contributed by atoms with Crippen LogP contribution in [0.3, 0.4) is 0 Å². The number of halogens is 1. The van der Waals surface area contributed by atoms with Gasteiger partial charge in [-0.05, 0) is 18.2 Å². The molecule has 130 valence electrons. The van der Waals surface area contributed by atoms with Crippen LogP contribution in [0.2, 0.25) is 5.02 Å². The fourth-order valence-electron chi connectivity index (χ4n) is 2.75. The largest absolute Gasteiger partial charge is 0.464 e. The fourth-order valence-corrected chi connectivity index (χ4v) is 2.99. The maximum Gasteiger partial charge on any atom is 0.360 e. The van der Waals surface area contributed by atoms with Gasteiger partial charge in [0.25, 0.3) is 0 Å². The number of aromatic nitrogens is 3. The minimum Gasteiger partial charge on any atom is -0.464 e. The Morgan fingerprint density at radius 3 is 2.81 bits per heavy atom. The first-order valence-electron chi connectivity index (χ1n) is 7.90. The highest BCUT2D eigenvalue weighted by molar-refractivity contribution is 6.31. The van der Waals surface area contributed by atoms with Crippen LogP contribution in [0.5, 0.6) is 0 Å². The molecule has 0 radical (unpaired) electrons. The minimum atomic E-state index is -0.540. The van der Waals surface area contributed by atoms with E-state index in [1.807, 2.05) is 42.5 Å². The summed E-state index contributed by atoms with van der Waals surface area (Å²) in [6.07, 6.45) is 1.62. The maximum absolute atomic E-state index is 11.5. The Morgan fingerprint density at radius 1 is 1.23 bits per heavy atom. The molecular weight excluding hydrogens is 354 g/mol. The molecule has 0 N–H and O–H groups in total. The summed E-state index contributed by atoms with van der Waals surface area (Å²) < 4.78 is 11.8. The quantitative estimate of drug-likeness (QED) is 0.509. The monoisotopic (exact) mass is 367 g/mol. The van der Waals surface area contributed by atoms with Gasteiger partial charge in [-0.2, -0.15) is 5.10 Å². The number of hydrogen-bond acceptors (Lipinski definition) is 5. The zero-order valence-electron chi connectivity index (χ0n) is 13.8. The van der Waals surface area contributed by atoms with Crippen molar-refractivity contribution in [1.29, 1.82) is 0 Å². The molecule has 0 atom stereocenters. The number of fused-ring (bicyclic) bond motifs is 1. The summed E-state index contributed by atoms with van der Waals surface area (Å²) >= 11 is 6.26. The third kappa shape index (κ3) is 3.07. The first-order chi connectivity index (χ1) is 12.6. The highest BCUT2D eigenvalue weighted by Crippen LogP contribution is 2.24. The van der Waals surface area contributed by atoms with Gasteiger partial charge in [0.1, 0.15) is 6.26 Å². The molecule has 0 spiro atoms. The summed E-state index contributed by atoms with van der Waals surface area (Å²) in [7, 11) is 1.30. The van der Waals surface area contributed by atoms with Crippen molar-refractivity contribution in [3.05, 3.63) is 77.1 Å². The number of oxazole rings is 1. The highest BCUT2D eigenvalue weighted by Gasteiger charge is 2.15. The van der Waals surface area contributed by atoms with Crippen molar-refractivity contribution in [2.75, 3.05) is 7.11 Å². The summed E-state index contributed by atoms with van der Waals surface area (Å²) in [5, 5.41) is 5.26. The molecule has 0 saturated heterocycles. The van der Waals surface area contributed by atoms with E-state index in [2.05, 4.69) is 14.8 Å². The second-order valence-electron chi connectivity index (χ2n) is 5.69. The number of methoxy groups -OCH3 is 1. The van der Waals surface area contributed by atoms with Crippen molar-refractivity contribution >= 4 is 23.1 Å².